The van der Waals surface area contributed by atoms with Crippen LogP contribution in [0.2, 0.25) is 76.6 Å². The quantitative estimate of drug-likeness (QED) is 0.170. The van der Waals surface area contributed by atoms with E-state index in [9.17, 15) is 0 Å². The van der Waals surface area contributed by atoms with Crippen LogP contribution in [0.15, 0.2) is 0 Å². The fourth-order valence-electron chi connectivity index (χ4n) is 5.19. The molecule has 1 aliphatic rings. The third kappa shape index (κ3) is 13.6. The molecule has 16 heteroatoms. The van der Waals surface area contributed by atoms with E-state index in [4.69, 9.17) is 32.9 Å². The van der Waals surface area contributed by atoms with Gasteiger partial charge in [-0.15, -0.1) is 0 Å². The molecule has 0 atom stereocenters. The summed E-state index contributed by atoms with van der Waals surface area (Å²) >= 11 is 0. The van der Waals surface area contributed by atoms with E-state index in [1.807, 2.05) is 0 Å². The molecule has 0 aliphatic carbocycles. The Hall–Kier alpha value is 1.42. The first kappa shape index (κ1) is 39.4. The highest BCUT2D eigenvalue weighted by Gasteiger charge is 2.68. The van der Waals surface area contributed by atoms with Gasteiger partial charge in [0.15, 0.2) is 36.2 Å². The molecule has 0 spiro atoms. The van der Waals surface area contributed by atoms with Crippen molar-refractivity contribution >= 4 is 71.4 Å². The summed E-state index contributed by atoms with van der Waals surface area (Å²) in [7, 11) is -19.9. The molecule has 0 amide bonds. The summed E-state index contributed by atoms with van der Waals surface area (Å²) < 4.78 is 57.8. The van der Waals surface area contributed by atoms with E-state index in [-0.39, 0.29) is 0 Å². The monoisotopic (exact) mass is 704 g/mol. The zero-order valence-electron chi connectivity index (χ0n) is 28.7. The van der Waals surface area contributed by atoms with Crippen molar-refractivity contribution in [1.29, 1.82) is 0 Å². The Balaban J connectivity index is 4.16. The first-order valence-corrected chi connectivity index (χ1v) is 34.5. The normalized spacial score (nSPS) is 30.6. The first-order chi connectivity index (χ1) is 18.2. The number of hydrogen-bond acceptors (Lipinski definition) is 8. The van der Waals surface area contributed by atoms with Gasteiger partial charge in [-0.2, -0.15) is 0 Å². The molecule has 1 heterocycles. The average Bonchev–Trinajstić information content (AvgIpc) is 2.60. The lowest BCUT2D eigenvalue weighted by Gasteiger charge is -2.53. The summed E-state index contributed by atoms with van der Waals surface area (Å²) in [6.45, 7) is 35.3. The molecule has 0 saturated carbocycles. The molecule has 240 valence electrons. The fraction of sp³-hybridized carbons (Fsp3) is 1.00. The molecule has 0 bridgehead atoms. The Labute approximate surface area is 258 Å². The van der Waals surface area contributed by atoms with Gasteiger partial charge in [0.1, 0.15) is 0 Å². The Bertz CT molecular complexity index is 564. The third-order valence-electron chi connectivity index (χ3n) is 5.54. The Morgan fingerprint density at radius 3 is 0.625 bits per heavy atom. The van der Waals surface area contributed by atoms with Crippen molar-refractivity contribution in [1.82, 2.24) is 0 Å². The van der Waals surface area contributed by atoms with Gasteiger partial charge in [-0.3, -0.25) is 0 Å². The van der Waals surface area contributed by atoms with Crippen LogP contribution in [-0.4, -0.2) is 71.4 Å². The van der Waals surface area contributed by atoms with Gasteiger partial charge < -0.3 is 32.9 Å². The molecule has 0 aromatic heterocycles. The average molecular weight is 705 g/mol. The van der Waals surface area contributed by atoms with Crippen LogP contribution in [0.4, 0.5) is 0 Å². The van der Waals surface area contributed by atoms with E-state index in [0.717, 1.165) is 0 Å². The van der Waals surface area contributed by atoms with Gasteiger partial charge in [-0.25, -0.2) is 0 Å². The second-order valence-corrected chi connectivity index (χ2v) is 36.7. The van der Waals surface area contributed by atoms with Crippen LogP contribution in [0, 0.1) is 23.7 Å². The van der Waals surface area contributed by atoms with E-state index >= 15 is 0 Å². The van der Waals surface area contributed by atoms with Gasteiger partial charge in [0, 0.05) is 24.2 Å². The molecule has 1 aliphatic heterocycles. The van der Waals surface area contributed by atoms with Crippen molar-refractivity contribution in [2.75, 3.05) is 0 Å². The van der Waals surface area contributed by atoms with Gasteiger partial charge in [0.2, 0.25) is 0 Å². The SMILES string of the molecule is CC(C)C[Si]1(O[SiH](C)C)O[Si](CC(C)C)(O[SiH](C)C)O[Si](CC(C)C)(O[SiH](C)C)O[Si](CC(C)C)(O[SiH](C)C)O1. The highest BCUT2D eigenvalue weighted by molar-refractivity contribution is 6.93. The van der Waals surface area contributed by atoms with E-state index in [2.05, 4.69) is 108 Å². The maximum atomic E-state index is 7.47. The van der Waals surface area contributed by atoms with Crippen molar-refractivity contribution in [2.24, 2.45) is 23.7 Å². The molecule has 0 N–H and O–H groups in total. The molecule has 0 aromatic rings. The van der Waals surface area contributed by atoms with E-state index in [1.54, 1.807) is 0 Å². The lowest BCUT2D eigenvalue weighted by molar-refractivity contribution is 0.0754. The van der Waals surface area contributed by atoms with Crippen LogP contribution < -0.4 is 0 Å². The first-order valence-electron chi connectivity index (χ1n) is 15.7. The molecule has 1 saturated heterocycles. The molecule has 0 radical (unpaired) electrons. The summed E-state index contributed by atoms with van der Waals surface area (Å²) in [6.07, 6.45) is 0. The smallest absolute Gasteiger partial charge is 0.420 e. The van der Waals surface area contributed by atoms with Gasteiger partial charge in [-0.05, 0) is 76.0 Å². The Morgan fingerprint density at radius 2 is 0.525 bits per heavy atom. The third-order valence-corrected chi connectivity index (χ3v) is 34.0. The van der Waals surface area contributed by atoms with Crippen molar-refractivity contribution in [3.63, 3.8) is 0 Å². The van der Waals surface area contributed by atoms with Crippen molar-refractivity contribution in [3.05, 3.63) is 0 Å². The van der Waals surface area contributed by atoms with E-state index in [0.29, 0.717) is 47.8 Å². The minimum absolute atomic E-state index is 0.305. The maximum Gasteiger partial charge on any atom is 0.475 e. The van der Waals surface area contributed by atoms with Crippen LogP contribution in [0.1, 0.15) is 55.4 Å². The molecule has 1 rings (SSSR count). The lowest BCUT2D eigenvalue weighted by atomic mass is 10.3. The van der Waals surface area contributed by atoms with Gasteiger partial charge >= 0.3 is 35.2 Å². The summed E-state index contributed by atoms with van der Waals surface area (Å²) in [5, 5.41) is 0. The topological polar surface area (TPSA) is 73.8 Å². The molecule has 8 nitrogen and oxygen atoms in total. The van der Waals surface area contributed by atoms with Gasteiger partial charge in [-0.1, -0.05) is 55.4 Å². The highest BCUT2D eigenvalue weighted by atomic mass is 28.6. The van der Waals surface area contributed by atoms with Crippen LogP contribution in [0.25, 0.3) is 0 Å². The Kier molecular flexibility index (Phi) is 16.4. The van der Waals surface area contributed by atoms with Crippen LogP contribution in [0.5, 0.6) is 0 Å². The molecule has 0 aromatic carbocycles. The molecular weight excluding hydrogens is 641 g/mol. The minimum atomic E-state index is -3.36. The number of hydrogen-bond donors (Lipinski definition) is 0. The maximum absolute atomic E-state index is 7.47. The highest BCUT2D eigenvalue weighted by Crippen LogP contribution is 2.43. The summed E-state index contributed by atoms with van der Waals surface area (Å²) in [4.78, 5) is 0. The summed E-state index contributed by atoms with van der Waals surface area (Å²) in [6, 6.07) is 2.76. The zero-order chi connectivity index (χ0) is 31.1. The van der Waals surface area contributed by atoms with Crippen LogP contribution in [0.3, 0.4) is 0 Å². The largest absolute Gasteiger partial charge is 0.475 e. The molecule has 40 heavy (non-hydrogen) atoms. The van der Waals surface area contributed by atoms with E-state index < -0.39 is 71.4 Å². The molecular formula is C24H64O8Si8. The minimum Gasteiger partial charge on any atom is -0.420 e. The molecule has 1 fully saturated rings. The van der Waals surface area contributed by atoms with Crippen molar-refractivity contribution in [3.8, 4) is 0 Å². The Morgan fingerprint density at radius 1 is 0.375 bits per heavy atom. The summed E-state index contributed by atoms with van der Waals surface area (Å²) in [5.74, 6) is 1.22. The molecule has 0 unspecified atom stereocenters. The van der Waals surface area contributed by atoms with Crippen LogP contribution >= 0.6 is 0 Å². The predicted octanol–water partition coefficient (Wildman–Crippen LogP) is 6.45. The predicted molar refractivity (Wildman–Crippen MR) is 186 cm³/mol. The van der Waals surface area contributed by atoms with Crippen molar-refractivity contribution < 1.29 is 32.9 Å². The fourth-order valence-corrected chi connectivity index (χ4v) is 39.6. The lowest BCUT2D eigenvalue weighted by Crippen LogP contribution is -2.75. The standard InChI is InChI=1S/C24H64O8Si8/c1-21(2)17-37(25-33(9)10)29-38(18-22(3)4,26-34(11)12)31-40(20-24(7)8,28-36(15)16)32-39(30-37,19-23(5)6)27-35(13)14/h21-24,33-36H,17-20H2,1-16H3. The van der Waals surface area contributed by atoms with E-state index in [1.165, 1.54) is 0 Å². The number of rotatable bonds is 16. The van der Waals surface area contributed by atoms with Gasteiger partial charge in [0.05, 0.1) is 0 Å². The van der Waals surface area contributed by atoms with Crippen LogP contribution in [-0.2, 0) is 32.9 Å². The zero-order valence-corrected chi connectivity index (χ0v) is 37.3. The van der Waals surface area contributed by atoms with Crippen molar-refractivity contribution in [2.45, 2.75) is 132 Å². The second kappa shape index (κ2) is 16.6. The second-order valence-electron chi connectivity index (χ2n) is 14.2. The summed E-state index contributed by atoms with van der Waals surface area (Å²) in [5.41, 5.74) is 0. The van der Waals surface area contributed by atoms with Gasteiger partial charge in [0.25, 0.3) is 0 Å².